The first-order chi connectivity index (χ1) is 28.1. The van der Waals surface area contributed by atoms with Crippen LogP contribution in [0.5, 0.6) is 0 Å². The van der Waals surface area contributed by atoms with Crippen LogP contribution in [0.15, 0.2) is 60.8 Å². The lowest BCUT2D eigenvalue weighted by Gasteiger charge is -2.29. The second kappa shape index (κ2) is 22.5. The third-order valence-electron chi connectivity index (χ3n) is 10.2. The lowest BCUT2D eigenvalue weighted by Crippen LogP contribution is -2.46. The zero-order chi connectivity index (χ0) is 41.3. The second-order valence-corrected chi connectivity index (χ2v) is 14.3. The maximum absolute atomic E-state index is 13.7. The normalized spacial score (nSPS) is 15.5. The highest BCUT2D eigenvalue weighted by Gasteiger charge is 2.30. The van der Waals surface area contributed by atoms with Crippen LogP contribution in [-0.4, -0.2) is 141 Å². The molecule has 4 amide bonds. The molecule has 2 aliphatic heterocycles. The van der Waals surface area contributed by atoms with Crippen molar-refractivity contribution in [3.8, 4) is 11.3 Å². The Morgan fingerprint density at radius 3 is 2.31 bits per heavy atom. The summed E-state index contributed by atoms with van der Waals surface area (Å²) in [5.41, 5.74) is 9.18. The van der Waals surface area contributed by atoms with Crippen molar-refractivity contribution in [3.05, 3.63) is 77.5 Å². The van der Waals surface area contributed by atoms with Gasteiger partial charge < -0.3 is 45.5 Å². The summed E-state index contributed by atoms with van der Waals surface area (Å²) in [7, 11) is 1.71. The van der Waals surface area contributed by atoms with E-state index >= 15 is 0 Å². The van der Waals surface area contributed by atoms with Crippen LogP contribution < -0.4 is 21.3 Å². The Hall–Kier alpha value is -5.42. The van der Waals surface area contributed by atoms with Crippen molar-refractivity contribution in [1.82, 2.24) is 20.1 Å². The largest absolute Gasteiger partial charge is 0.481 e. The average molecular weight is 802 g/mol. The van der Waals surface area contributed by atoms with E-state index in [1.54, 1.807) is 48.3 Å². The number of anilines is 2. The molecule has 58 heavy (non-hydrogen) atoms. The second-order valence-electron chi connectivity index (χ2n) is 14.3. The fourth-order valence-electron chi connectivity index (χ4n) is 6.98. The first-order valence-corrected chi connectivity index (χ1v) is 19.9. The summed E-state index contributed by atoms with van der Waals surface area (Å²) in [6.07, 6.45) is 6.45. The number of carbonyl (C=O) groups is 5. The van der Waals surface area contributed by atoms with E-state index in [1.165, 1.54) is 12.6 Å². The van der Waals surface area contributed by atoms with Crippen LogP contribution in [0.3, 0.4) is 0 Å². The molecular formula is C42H55N7O9. The summed E-state index contributed by atoms with van der Waals surface area (Å²) in [5, 5.41) is 14.5. The van der Waals surface area contributed by atoms with Crippen molar-refractivity contribution in [2.24, 2.45) is 5.73 Å². The van der Waals surface area contributed by atoms with E-state index in [-0.39, 0.29) is 30.9 Å². The number of carboxylic acid groups (broad SMARTS) is 1. The summed E-state index contributed by atoms with van der Waals surface area (Å²) in [5.74, 6) is -2.22. The number of nitrogens with zero attached hydrogens (tertiary/aromatic N) is 4. The fourth-order valence-corrected chi connectivity index (χ4v) is 6.98. The minimum absolute atomic E-state index is 0.0424. The van der Waals surface area contributed by atoms with Crippen LogP contribution in [0.4, 0.5) is 11.4 Å². The van der Waals surface area contributed by atoms with Crippen LogP contribution in [0, 0.1) is 0 Å². The number of pyridine rings is 1. The van der Waals surface area contributed by atoms with Gasteiger partial charge in [-0.15, -0.1) is 0 Å². The highest BCUT2D eigenvalue weighted by atomic mass is 16.5. The van der Waals surface area contributed by atoms with Crippen LogP contribution >= 0.6 is 0 Å². The number of amides is 4. The Bertz CT molecular complexity index is 1870. The van der Waals surface area contributed by atoms with E-state index in [2.05, 4.69) is 25.4 Å². The minimum Gasteiger partial charge on any atom is -0.481 e. The molecule has 1 atom stereocenters. The summed E-state index contributed by atoms with van der Waals surface area (Å²) < 4.78 is 16.1. The Morgan fingerprint density at radius 2 is 1.57 bits per heavy atom. The molecule has 0 unspecified atom stereocenters. The molecule has 2 aliphatic rings. The van der Waals surface area contributed by atoms with E-state index in [9.17, 15) is 24.0 Å². The van der Waals surface area contributed by atoms with Gasteiger partial charge in [0.1, 0.15) is 0 Å². The minimum atomic E-state index is -0.905. The van der Waals surface area contributed by atoms with Crippen molar-refractivity contribution in [2.75, 3.05) is 96.2 Å². The standard InChI is InChI=1S/C42H55N7O9/c1-47(19-20-49-18-6-9-37(49)41(54)45-15-22-57-24-26-58-25-23-56-21-13-38(50)51)42(55)32-8-5-7-31(27-32)40(53)46-35-11-10-33(48-16-3-2-4-17-48)29-34(35)36-28-30(39(43)52)12-14-44-36/h5,7-8,10-12,14,27-29,37H,2-4,6,9,13,15-26H2,1H3,(H2,43,52)(H,45,54)(H,46,53)(H,50,51)/t37-/m0/s1. The van der Waals surface area contributed by atoms with Gasteiger partial charge in [-0.1, -0.05) is 6.07 Å². The van der Waals surface area contributed by atoms with Crippen LogP contribution in [0.1, 0.15) is 69.6 Å². The zero-order valence-electron chi connectivity index (χ0n) is 33.2. The Kier molecular flexibility index (Phi) is 17.0. The number of aromatic nitrogens is 1. The van der Waals surface area contributed by atoms with Crippen LogP contribution in [0.2, 0.25) is 0 Å². The van der Waals surface area contributed by atoms with Gasteiger partial charge >= 0.3 is 5.97 Å². The smallest absolute Gasteiger partial charge is 0.305 e. The first kappa shape index (κ1) is 43.7. The number of likely N-dealkylation sites (N-methyl/N-ethyl adjacent to an activating group) is 1. The molecule has 0 bridgehead atoms. The summed E-state index contributed by atoms with van der Waals surface area (Å²) in [6, 6.07) is 15.2. The van der Waals surface area contributed by atoms with E-state index < -0.39 is 17.8 Å². The molecule has 0 spiro atoms. The molecule has 16 heteroatoms. The SMILES string of the molecule is CN(CCN1CCC[C@H]1C(=O)NCCOCCOCCOCCC(=O)O)C(=O)c1cccc(C(=O)Nc2ccc(N3CCCCC3)cc2-c2cc(C(N)=O)ccn2)c1. The van der Waals surface area contributed by atoms with Crippen molar-refractivity contribution in [2.45, 2.75) is 44.6 Å². The van der Waals surface area contributed by atoms with Crippen molar-refractivity contribution < 1.29 is 43.3 Å². The molecule has 5 rings (SSSR count). The Morgan fingerprint density at radius 1 is 0.845 bits per heavy atom. The van der Waals surface area contributed by atoms with Gasteiger partial charge in [0.05, 0.1) is 63.5 Å². The molecule has 0 saturated carbocycles. The number of benzene rings is 2. The van der Waals surface area contributed by atoms with Crippen molar-refractivity contribution >= 4 is 41.0 Å². The third kappa shape index (κ3) is 13.1. The molecule has 312 valence electrons. The van der Waals surface area contributed by atoms with Gasteiger partial charge in [-0.05, 0) is 87.2 Å². The topological polar surface area (TPSA) is 206 Å². The summed E-state index contributed by atoms with van der Waals surface area (Å²) >= 11 is 0. The fraction of sp³-hybridized carbons (Fsp3) is 0.476. The number of ether oxygens (including phenoxy) is 3. The molecule has 0 aliphatic carbocycles. The molecule has 1 aromatic heterocycles. The van der Waals surface area contributed by atoms with Gasteiger partial charge in [-0.2, -0.15) is 0 Å². The highest BCUT2D eigenvalue weighted by molar-refractivity contribution is 6.08. The zero-order valence-corrected chi connectivity index (χ0v) is 33.2. The molecule has 3 aromatic rings. The summed E-state index contributed by atoms with van der Waals surface area (Å²) in [4.78, 5) is 73.2. The van der Waals surface area contributed by atoms with Gasteiger partial charge in [-0.25, -0.2) is 0 Å². The number of hydrogen-bond acceptors (Lipinski definition) is 11. The number of likely N-dealkylation sites (tertiary alicyclic amines) is 1. The number of primary amides is 1. The highest BCUT2D eigenvalue weighted by Crippen LogP contribution is 2.33. The monoisotopic (exact) mass is 801 g/mol. The third-order valence-corrected chi connectivity index (χ3v) is 10.2. The van der Waals surface area contributed by atoms with Gasteiger partial charge in [-0.3, -0.25) is 33.9 Å². The number of rotatable bonds is 22. The molecule has 0 radical (unpaired) electrons. The van der Waals surface area contributed by atoms with E-state index in [1.807, 2.05) is 18.2 Å². The quantitative estimate of drug-likeness (QED) is 0.108. The Labute approximate surface area is 339 Å². The molecule has 2 saturated heterocycles. The van der Waals surface area contributed by atoms with E-state index in [0.717, 1.165) is 51.0 Å². The van der Waals surface area contributed by atoms with Gasteiger partial charge in [0.15, 0.2) is 0 Å². The predicted octanol–water partition coefficient (Wildman–Crippen LogP) is 3.27. The van der Waals surface area contributed by atoms with Gasteiger partial charge in [0, 0.05) is 73.9 Å². The molecule has 2 fully saturated rings. The summed E-state index contributed by atoms with van der Waals surface area (Å²) in [6.45, 7) is 5.70. The first-order valence-electron chi connectivity index (χ1n) is 19.9. The lowest BCUT2D eigenvalue weighted by molar-refractivity contribution is -0.138. The predicted molar refractivity (Wildman–Crippen MR) is 218 cm³/mol. The molecular weight excluding hydrogens is 747 g/mol. The molecule has 3 heterocycles. The van der Waals surface area contributed by atoms with Crippen molar-refractivity contribution in [1.29, 1.82) is 0 Å². The number of piperidine rings is 1. The van der Waals surface area contributed by atoms with E-state index in [4.69, 9.17) is 25.1 Å². The lowest BCUT2D eigenvalue weighted by atomic mass is 10.0. The molecule has 5 N–H and O–H groups in total. The maximum atomic E-state index is 13.7. The molecule has 16 nitrogen and oxygen atoms in total. The number of nitrogens with one attached hydrogen (secondary N) is 2. The maximum Gasteiger partial charge on any atom is 0.305 e. The number of hydrogen-bond donors (Lipinski definition) is 4. The van der Waals surface area contributed by atoms with Gasteiger partial charge in [0.25, 0.3) is 11.8 Å². The van der Waals surface area contributed by atoms with E-state index in [0.29, 0.717) is 86.3 Å². The van der Waals surface area contributed by atoms with Crippen LogP contribution in [0.25, 0.3) is 11.3 Å². The van der Waals surface area contributed by atoms with Crippen LogP contribution in [-0.2, 0) is 23.8 Å². The number of nitrogens with two attached hydrogens (primary N) is 1. The number of aliphatic carboxylic acids is 1. The van der Waals surface area contributed by atoms with Crippen molar-refractivity contribution in [3.63, 3.8) is 0 Å². The molecule has 2 aromatic carbocycles. The number of carbonyl (C=O) groups excluding carboxylic acids is 4. The number of carboxylic acids is 1. The Balaban J connectivity index is 1.10. The average Bonchev–Trinajstić information content (AvgIpc) is 3.72. The van der Waals surface area contributed by atoms with Gasteiger partial charge in [0.2, 0.25) is 11.8 Å².